The van der Waals surface area contributed by atoms with Gasteiger partial charge in [0.25, 0.3) is 5.91 Å². The molecule has 0 aliphatic carbocycles. The van der Waals surface area contributed by atoms with Crippen molar-refractivity contribution in [2.45, 2.75) is 34.6 Å². The lowest BCUT2D eigenvalue weighted by molar-refractivity contribution is -0.125. The van der Waals surface area contributed by atoms with Crippen molar-refractivity contribution in [2.75, 3.05) is 25.4 Å². The molecule has 2 heterocycles. The van der Waals surface area contributed by atoms with Crippen LogP contribution in [-0.2, 0) is 4.79 Å². The second-order valence-corrected chi connectivity index (χ2v) is 7.35. The maximum atomic E-state index is 12.4. The maximum Gasteiger partial charge on any atom is 0.275 e. The number of hydrogen-bond donors (Lipinski definition) is 0. The molecule has 0 unspecified atom stereocenters. The summed E-state index contributed by atoms with van der Waals surface area (Å²) in [7, 11) is 0. The molecule has 0 aromatic heterocycles. The van der Waals surface area contributed by atoms with Gasteiger partial charge < -0.3 is 4.90 Å². The number of thioether (sulfide) groups is 1. The average Bonchev–Trinajstić information content (AvgIpc) is 2.99. The molecule has 0 atom stereocenters. The lowest BCUT2D eigenvalue weighted by atomic mass is 9.85. The standard InChI is InChI=1S/C16H25N3OS/c1-6-18-10-11-21-13(18)9-8-12-14(16(3,4)5)17-19(7-2)15(12)20/h8-9H,6-7,10-11H2,1-5H3/b12-8+,13-9+. The number of amides is 1. The molecule has 21 heavy (non-hydrogen) atoms. The summed E-state index contributed by atoms with van der Waals surface area (Å²) in [5.41, 5.74) is 1.50. The van der Waals surface area contributed by atoms with Gasteiger partial charge in [0.05, 0.1) is 16.3 Å². The zero-order valence-electron chi connectivity index (χ0n) is 13.6. The van der Waals surface area contributed by atoms with Crippen LogP contribution in [0.15, 0.2) is 27.9 Å². The fraction of sp³-hybridized carbons (Fsp3) is 0.625. The van der Waals surface area contributed by atoms with E-state index in [1.54, 1.807) is 5.01 Å². The number of carbonyl (C=O) groups is 1. The predicted octanol–water partition coefficient (Wildman–Crippen LogP) is 3.09. The number of hydrogen-bond acceptors (Lipinski definition) is 4. The average molecular weight is 307 g/mol. The minimum Gasteiger partial charge on any atom is -0.366 e. The van der Waals surface area contributed by atoms with Crippen LogP contribution in [0, 0.1) is 5.41 Å². The first kappa shape index (κ1) is 16.1. The summed E-state index contributed by atoms with van der Waals surface area (Å²) in [4.78, 5) is 14.8. The van der Waals surface area contributed by atoms with Crippen LogP contribution in [0.4, 0.5) is 0 Å². The Morgan fingerprint density at radius 3 is 2.52 bits per heavy atom. The van der Waals surface area contributed by atoms with Crippen LogP contribution < -0.4 is 0 Å². The van der Waals surface area contributed by atoms with Crippen LogP contribution in [0.1, 0.15) is 34.6 Å². The van der Waals surface area contributed by atoms with Crippen LogP contribution in [0.5, 0.6) is 0 Å². The van der Waals surface area contributed by atoms with Gasteiger partial charge in [-0.2, -0.15) is 5.10 Å². The highest BCUT2D eigenvalue weighted by molar-refractivity contribution is 8.03. The van der Waals surface area contributed by atoms with Gasteiger partial charge in [-0.3, -0.25) is 4.79 Å². The van der Waals surface area contributed by atoms with E-state index in [2.05, 4.69) is 43.8 Å². The Labute approximate surface area is 131 Å². The Bertz CT molecular complexity index is 514. The molecular weight excluding hydrogens is 282 g/mol. The summed E-state index contributed by atoms with van der Waals surface area (Å²) in [5.74, 6) is 1.14. The van der Waals surface area contributed by atoms with Crippen molar-refractivity contribution < 1.29 is 4.79 Å². The molecule has 0 aromatic rings. The van der Waals surface area contributed by atoms with E-state index < -0.39 is 0 Å². The molecule has 4 nitrogen and oxygen atoms in total. The molecule has 0 radical (unpaired) electrons. The van der Waals surface area contributed by atoms with Crippen molar-refractivity contribution in [3.63, 3.8) is 0 Å². The third-order valence-corrected chi connectivity index (χ3v) is 4.72. The number of allylic oxidation sites excluding steroid dienone is 2. The Morgan fingerprint density at radius 2 is 1.95 bits per heavy atom. The zero-order valence-corrected chi connectivity index (χ0v) is 14.5. The van der Waals surface area contributed by atoms with Crippen LogP contribution in [0.3, 0.4) is 0 Å². The summed E-state index contributed by atoms with van der Waals surface area (Å²) in [6, 6.07) is 0. The third kappa shape index (κ3) is 3.34. The van der Waals surface area contributed by atoms with E-state index in [4.69, 9.17) is 0 Å². The summed E-state index contributed by atoms with van der Waals surface area (Å²) in [6.45, 7) is 13.1. The lowest BCUT2D eigenvalue weighted by Crippen LogP contribution is -2.24. The first-order chi connectivity index (χ1) is 9.88. The van der Waals surface area contributed by atoms with Crippen molar-refractivity contribution in [1.82, 2.24) is 9.91 Å². The fourth-order valence-corrected chi connectivity index (χ4v) is 3.55. The largest absolute Gasteiger partial charge is 0.366 e. The van der Waals surface area contributed by atoms with Crippen molar-refractivity contribution in [2.24, 2.45) is 10.5 Å². The first-order valence-electron chi connectivity index (χ1n) is 7.59. The summed E-state index contributed by atoms with van der Waals surface area (Å²) >= 11 is 1.85. The summed E-state index contributed by atoms with van der Waals surface area (Å²) < 4.78 is 0. The van der Waals surface area contributed by atoms with Crippen LogP contribution in [0.25, 0.3) is 0 Å². The second kappa shape index (κ2) is 6.26. The van der Waals surface area contributed by atoms with E-state index >= 15 is 0 Å². The molecule has 0 bridgehead atoms. The molecule has 0 N–H and O–H groups in total. The number of likely N-dealkylation sites (N-methyl/N-ethyl adjacent to an activating group) is 1. The Balaban J connectivity index is 2.32. The molecule has 0 saturated carbocycles. The van der Waals surface area contributed by atoms with Gasteiger partial charge in [0.1, 0.15) is 0 Å². The van der Waals surface area contributed by atoms with E-state index in [9.17, 15) is 4.79 Å². The highest BCUT2D eigenvalue weighted by Crippen LogP contribution is 2.30. The second-order valence-electron chi connectivity index (χ2n) is 6.23. The van der Waals surface area contributed by atoms with Gasteiger partial charge in [-0.05, 0) is 26.0 Å². The predicted molar refractivity (Wildman–Crippen MR) is 90.1 cm³/mol. The normalized spacial score (nSPS) is 23.7. The fourth-order valence-electron chi connectivity index (χ4n) is 2.46. The molecule has 2 rings (SSSR count). The number of rotatable bonds is 3. The topological polar surface area (TPSA) is 35.9 Å². The minimum atomic E-state index is -0.128. The molecule has 1 amide bonds. The van der Waals surface area contributed by atoms with Crippen molar-refractivity contribution in [3.05, 3.63) is 22.8 Å². The SMILES string of the molecule is CCN1N=C(C(C)(C)C)/C(=C\C=C2\SCCN2CC)C1=O. The van der Waals surface area contributed by atoms with Crippen LogP contribution in [0.2, 0.25) is 0 Å². The highest BCUT2D eigenvalue weighted by atomic mass is 32.2. The lowest BCUT2D eigenvalue weighted by Gasteiger charge is -2.18. The Hall–Kier alpha value is -1.23. The van der Waals surface area contributed by atoms with Gasteiger partial charge in [-0.15, -0.1) is 11.8 Å². The van der Waals surface area contributed by atoms with Gasteiger partial charge in [0.15, 0.2) is 0 Å². The van der Waals surface area contributed by atoms with Gasteiger partial charge in [0.2, 0.25) is 0 Å². The van der Waals surface area contributed by atoms with Gasteiger partial charge in [-0.25, -0.2) is 5.01 Å². The maximum absolute atomic E-state index is 12.4. The molecule has 0 aromatic carbocycles. The molecule has 116 valence electrons. The molecule has 2 aliphatic rings. The van der Waals surface area contributed by atoms with E-state index in [0.29, 0.717) is 6.54 Å². The van der Waals surface area contributed by atoms with Crippen LogP contribution in [-0.4, -0.2) is 46.9 Å². The smallest absolute Gasteiger partial charge is 0.275 e. The van der Waals surface area contributed by atoms with Gasteiger partial charge in [0, 0.05) is 30.8 Å². The summed E-state index contributed by atoms with van der Waals surface area (Å²) in [5, 5.41) is 7.32. The number of carbonyl (C=O) groups excluding carboxylic acids is 1. The van der Waals surface area contributed by atoms with Gasteiger partial charge in [-0.1, -0.05) is 20.8 Å². The van der Waals surface area contributed by atoms with Crippen molar-refractivity contribution in [3.8, 4) is 0 Å². The van der Waals surface area contributed by atoms with E-state index in [1.165, 1.54) is 5.03 Å². The molecule has 1 fully saturated rings. The zero-order chi connectivity index (χ0) is 15.6. The molecule has 5 heteroatoms. The molecule has 1 saturated heterocycles. The third-order valence-electron chi connectivity index (χ3n) is 3.65. The van der Waals surface area contributed by atoms with Crippen LogP contribution >= 0.6 is 11.8 Å². The monoisotopic (exact) mass is 307 g/mol. The van der Waals surface area contributed by atoms with E-state index in [0.717, 1.165) is 30.1 Å². The molecular formula is C16H25N3OS. The van der Waals surface area contributed by atoms with Crippen molar-refractivity contribution >= 4 is 23.4 Å². The first-order valence-corrected chi connectivity index (χ1v) is 8.58. The highest BCUT2D eigenvalue weighted by Gasteiger charge is 2.35. The number of hydrazone groups is 1. The number of nitrogens with zero attached hydrogens (tertiary/aromatic N) is 3. The van der Waals surface area contributed by atoms with E-state index in [1.807, 2.05) is 24.8 Å². The quantitative estimate of drug-likeness (QED) is 0.752. The summed E-state index contributed by atoms with van der Waals surface area (Å²) in [6.07, 6.45) is 4.03. The Morgan fingerprint density at radius 1 is 1.24 bits per heavy atom. The minimum absolute atomic E-state index is 0.0188. The van der Waals surface area contributed by atoms with Gasteiger partial charge >= 0.3 is 0 Å². The van der Waals surface area contributed by atoms with E-state index in [-0.39, 0.29) is 11.3 Å². The molecule has 2 aliphatic heterocycles. The molecule has 0 spiro atoms. The Kier molecular flexibility index (Phi) is 4.81. The van der Waals surface area contributed by atoms with Crippen molar-refractivity contribution in [1.29, 1.82) is 0 Å².